The van der Waals surface area contributed by atoms with Crippen LogP contribution in [0.4, 0.5) is 11.5 Å². The second-order valence-electron chi connectivity index (χ2n) is 9.65. The monoisotopic (exact) mass is 520 g/mol. The van der Waals surface area contributed by atoms with Crippen molar-refractivity contribution in [1.82, 2.24) is 19.7 Å². The van der Waals surface area contributed by atoms with Crippen LogP contribution in [0.25, 0.3) is 0 Å². The molecule has 0 radical (unpaired) electrons. The van der Waals surface area contributed by atoms with Crippen molar-refractivity contribution in [3.63, 3.8) is 0 Å². The molecule has 3 amide bonds. The van der Waals surface area contributed by atoms with Crippen molar-refractivity contribution in [2.75, 3.05) is 44.6 Å². The van der Waals surface area contributed by atoms with Gasteiger partial charge in [0.15, 0.2) is 0 Å². The molecule has 2 aliphatic rings. The van der Waals surface area contributed by atoms with Gasteiger partial charge >= 0.3 is 0 Å². The molecule has 0 bridgehead atoms. The van der Waals surface area contributed by atoms with Crippen LogP contribution in [0.5, 0.6) is 0 Å². The number of nitrogens with two attached hydrogens (primary N) is 1. The third-order valence-corrected chi connectivity index (χ3v) is 7.28. The number of aliphatic hydroxyl groups excluding tert-OH is 1. The van der Waals surface area contributed by atoms with Gasteiger partial charge in [-0.25, -0.2) is 4.98 Å². The maximum absolute atomic E-state index is 13.0. The number of pyridine rings is 1. The highest BCUT2D eigenvalue weighted by Gasteiger charge is 2.26. The summed E-state index contributed by atoms with van der Waals surface area (Å²) in [5, 5.41) is 13.3. The normalized spacial score (nSPS) is 17.2. The van der Waals surface area contributed by atoms with Gasteiger partial charge in [-0.15, -0.1) is 0 Å². The van der Waals surface area contributed by atoms with E-state index in [4.69, 9.17) is 10.7 Å². The van der Waals surface area contributed by atoms with Crippen molar-refractivity contribution in [2.24, 2.45) is 5.73 Å². The number of nitrogens with zero attached hydrogens (tertiary/aromatic N) is 4. The first-order valence-electron chi connectivity index (χ1n) is 13.1. The number of aliphatic hydroxyl groups is 1. The smallest absolute Gasteiger partial charge is 0.253 e. The number of amides is 3. The van der Waals surface area contributed by atoms with E-state index in [1.165, 1.54) is 6.08 Å². The van der Waals surface area contributed by atoms with Crippen LogP contribution in [0.1, 0.15) is 59.9 Å². The molecule has 202 valence electrons. The number of hydrogen-bond donors (Lipinski definition) is 3. The number of nitrogens with one attached hydrogen (secondary N) is 1. The largest absolute Gasteiger partial charge is 0.374 e. The molecule has 3 heterocycles. The fourth-order valence-electron chi connectivity index (χ4n) is 4.97. The molecule has 4 rings (SSSR count). The van der Waals surface area contributed by atoms with E-state index in [1.54, 1.807) is 45.0 Å². The molecule has 1 aromatic carbocycles. The first-order valence-corrected chi connectivity index (χ1v) is 13.1. The summed E-state index contributed by atoms with van der Waals surface area (Å²) in [7, 11) is 0. The zero-order valence-electron chi connectivity index (χ0n) is 21.8. The van der Waals surface area contributed by atoms with Gasteiger partial charge in [-0.2, -0.15) is 0 Å². The lowest BCUT2D eigenvalue weighted by Crippen LogP contribution is -2.50. The number of piperidine rings is 1. The Bertz CT molecular complexity index is 1170. The molecule has 1 unspecified atom stereocenters. The molecule has 2 saturated heterocycles. The minimum Gasteiger partial charge on any atom is -0.374 e. The summed E-state index contributed by atoms with van der Waals surface area (Å²) in [5.74, 6) is 0.621. The summed E-state index contributed by atoms with van der Waals surface area (Å²) in [6.07, 6.45) is 2.18. The Labute approximate surface area is 223 Å². The van der Waals surface area contributed by atoms with Crippen LogP contribution in [0.2, 0.25) is 0 Å². The topological polar surface area (TPSA) is 132 Å². The first kappa shape index (κ1) is 27.3. The van der Waals surface area contributed by atoms with E-state index in [9.17, 15) is 19.5 Å². The highest BCUT2D eigenvalue weighted by Crippen LogP contribution is 2.31. The summed E-state index contributed by atoms with van der Waals surface area (Å²) in [4.78, 5) is 46.9. The van der Waals surface area contributed by atoms with E-state index >= 15 is 0 Å². The summed E-state index contributed by atoms with van der Waals surface area (Å²) >= 11 is 0. The van der Waals surface area contributed by atoms with Crippen molar-refractivity contribution in [1.29, 1.82) is 0 Å². The maximum atomic E-state index is 13.0. The van der Waals surface area contributed by atoms with Crippen LogP contribution in [0.3, 0.4) is 0 Å². The van der Waals surface area contributed by atoms with Crippen molar-refractivity contribution >= 4 is 29.2 Å². The molecule has 1 atom stereocenters. The predicted octanol–water partition coefficient (Wildman–Crippen LogP) is 2.36. The van der Waals surface area contributed by atoms with Crippen molar-refractivity contribution < 1.29 is 19.5 Å². The highest BCUT2D eigenvalue weighted by molar-refractivity contribution is 5.95. The van der Waals surface area contributed by atoms with E-state index < -0.39 is 6.23 Å². The fraction of sp³-hybridized carbons (Fsp3) is 0.429. The molecular weight excluding hydrogens is 484 g/mol. The summed E-state index contributed by atoms with van der Waals surface area (Å²) in [6, 6.07) is 10.8. The number of hydrogen-bond acceptors (Lipinski definition) is 7. The number of carbonyl (C=O) groups is 3. The van der Waals surface area contributed by atoms with Gasteiger partial charge in [0.05, 0.1) is 0 Å². The molecule has 2 aliphatic heterocycles. The van der Waals surface area contributed by atoms with Crippen LogP contribution in [0.15, 0.2) is 49.1 Å². The zero-order valence-corrected chi connectivity index (χ0v) is 21.8. The maximum Gasteiger partial charge on any atom is 0.253 e. The molecule has 0 spiro atoms. The molecule has 1 aromatic heterocycles. The fourth-order valence-corrected chi connectivity index (χ4v) is 4.97. The van der Waals surface area contributed by atoms with E-state index in [1.807, 2.05) is 13.0 Å². The molecule has 0 saturated carbocycles. The minimum atomic E-state index is -1.20. The third-order valence-electron chi connectivity index (χ3n) is 7.28. The number of likely N-dealkylation sites (tertiary alicyclic amines) is 1. The Kier molecular flexibility index (Phi) is 8.75. The van der Waals surface area contributed by atoms with E-state index in [2.05, 4.69) is 11.9 Å². The second-order valence-corrected chi connectivity index (χ2v) is 9.65. The summed E-state index contributed by atoms with van der Waals surface area (Å²) in [6.45, 7) is 8.81. The lowest BCUT2D eigenvalue weighted by molar-refractivity contribution is -0.132. The Morgan fingerprint density at radius 2 is 1.66 bits per heavy atom. The van der Waals surface area contributed by atoms with Gasteiger partial charge < -0.3 is 30.9 Å². The highest BCUT2D eigenvalue weighted by atomic mass is 16.3. The van der Waals surface area contributed by atoms with Gasteiger partial charge in [0.25, 0.3) is 5.91 Å². The van der Waals surface area contributed by atoms with E-state index in [0.717, 1.165) is 18.5 Å². The molecule has 10 heteroatoms. The summed E-state index contributed by atoms with van der Waals surface area (Å²) < 4.78 is 0. The molecule has 38 heavy (non-hydrogen) atoms. The molecule has 2 fully saturated rings. The van der Waals surface area contributed by atoms with Crippen LogP contribution < -0.4 is 11.1 Å². The Morgan fingerprint density at radius 1 is 1.03 bits per heavy atom. The average Bonchev–Trinajstić information content (AvgIpc) is 2.96. The van der Waals surface area contributed by atoms with E-state index in [0.29, 0.717) is 68.3 Å². The van der Waals surface area contributed by atoms with Crippen molar-refractivity contribution in [3.05, 3.63) is 65.9 Å². The molecule has 0 aliphatic carbocycles. The quantitative estimate of drug-likeness (QED) is 0.377. The Hall–Kier alpha value is -3.76. The Morgan fingerprint density at radius 3 is 2.24 bits per heavy atom. The number of rotatable bonds is 7. The zero-order chi connectivity index (χ0) is 27.2. The van der Waals surface area contributed by atoms with Crippen LogP contribution in [-0.2, 0) is 9.59 Å². The number of piperazine rings is 1. The number of aromatic nitrogens is 1. The van der Waals surface area contributed by atoms with Gasteiger partial charge in [0.2, 0.25) is 11.8 Å². The number of benzene rings is 1. The van der Waals surface area contributed by atoms with Gasteiger partial charge in [-0.05, 0) is 55.3 Å². The first-order chi connectivity index (χ1) is 18.3. The molecular formula is C28H36N6O4. The lowest BCUT2D eigenvalue weighted by Gasteiger charge is -2.34. The standard InChI is InChI=1S/C28H36N6O4/c1-3-24(35)32-13-11-19(12-14-32)23-10-9-22(26(29)37)27(31-23)30-21-7-5-20(6-8-21)28(38)34-17-15-33(16-18-34)25(36)4-2/h3,5-10,19,26,37H,1,4,11-18,29H2,2H3,(H,30,31). The van der Waals surface area contributed by atoms with Gasteiger partial charge in [-0.1, -0.05) is 13.5 Å². The minimum absolute atomic E-state index is 0.0591. The SMILES string of the molecule is C=CC(=O)N1CCC(c2ccc(C(N)O)c(Nc3ccc(C(=O)N4CCN(C(=O)CC)CC4)cc3)n2)CC1. The molecule has 10 nitrogen and oxygen atoms in total. The van der Waals surface area contributed by atoms with Gasteiger partial charge in [0, 0.05) is 74.1 Å². The number of anilines is 2. The van der Waals surface area contributed by atoms with Crippen molar-refractivity contribution in [2.45, 2.75) is 38.3 Å². The van der Waals surface area contributed by atoms with Gasteiger partial charge in [0.1, 0.15) is 12.0 Å². The molecule has 2 aromatic rings. The van der Waals surface area contributed by atoms with E-state index in [-0.39, 0.29) is 23.6 Å². The van der Waals surface area contributed by atoms with Crippen LogP contribution in [-0.4, -0.2) is 81.8 Å². The van der Waals surface area contributed by atoms with Crippen LogP contribution >= 0.6 is 0 Å². The molecule has 4 N–H and O–H groups in total. The number of carbonyl (C=O) groups excluding carboxylic acids is 3. The van der Waals surface area contributed by atoms with Gasteiger partial charge in [-0.3, -0.25) is 14.4 Å². The van der Waals surface area contributed by atoms with Crippen LogP contribution in [0, 0.1) is 0 Å². The summed E-state index contributed by atoms with van der Waals surface area (Å²) in [5.41, 5.74) is 8.40. The Balaban J connectivity index is 1.42. The lowest BCUT2D eigenvalue weighted by atomic mass is 9.92. The second kappa shape index (κ2) is 12.2. The predicted molar refractivity (Wildman–Crippen MR) is 145 cm³/mol. The van der Waals surface area contributed by atoms with Crippen molar-refractivity contribution in [3.8, 4) is 0 Å². The average molecular weight is 521 g/mol. The third kappa shape index (κ3) is 6.20.